The molecule has 0 unspecified atom stereocenters. The predicted octanol–water partition coefficient (Wildman–Crippen LogP) is 2.78. The topological polar surface area (TPSA) is 147 Å². The van der Waals surface area contributed by atoms with Gasteiger partial charge in [0.25, 0.3) is 17.7 Å². The number of pyridine rings is 1. The van der Waals surface area contributed by atoms with Gasteiger partial charge in [-0.2, -0.15) is 0 Å². The number of fused-ring (bicyclic) bond motifs is 2. The Morgan fingerprint density at radius 2 is 1.83 bits per heavy atom. The molecular formula is C29H24FN5O7. The number of methoxy groups -OCH3 is 1. The maximum atomic E-state index is 15.2. The molecule has 214 valence electrons. The second-order valence-electron chi connectivity index (χ2n) is 10.0. The van der Waals surface area contributed by atoms with Gasteiger partial charge in [0.15, 0.2) is 6.10 Å². The predicted molar refractivity (Wildman–Crippen MR) is 146 cm³/mol. The summed E-state index contributed by atoms with van der Waals surface area (Å²) in [6, 6.07) is 8.01. The van der Waals surface area contributed by atoms with Gasteiger partial charge in [0.05, 0.1) is 35.8 Å². The van der Waals surface area contributed by atoms with Crippen molar-refractivity contribution in [1.82, 2.24) is 15.2 Å². The molecule has 0 spiro atoms. The van der Waals surface area contributed by atoms with Gasteiger partial charge in [-0.1, -0.05) is 6.07 Å². The molecule has 1 fully saturated rings. The average Bonchev–Trinajstić information content (AvgIpc) is 3.22. The van der Waals surface area contributed by atoms with E-state index in [1.807, 2.05) is 0 Å². The first kappa shape index (κ1) is 26.9. The number of nitrogens with one attached hydrogen (secondary N) is 2. The summed E-state index contributed by atoms with van der Waals surface area (Å²) in [5.41, 5.74) is 1.37. The van der Waals surface area contributed by atoms with Crippen LogP contribution in [0.2, 0.25) is 0 Å². The molecule has 42 heavy (non-hydrogen) atoms. The van der Waals surface area contributed by atoms with Crippen LogP contribution in [-0.4, -0.2) is 65.7 Å². The summed E-state index contributed by atoms with van der Waals surface area (Å²) < 4.78 is 26.2. The molecule has 0 saturated carbocycles. The fourth-order valence-corrected chi connectivity index (χ4v) is 5.39. The fraction of sp³-hybridized carbons (Fsp3) is 0.241. The largest absolute Gasteiger partial charge is 0.481 e. The quantitative estimate of drug-likeness (QED) is 0.440. The number of ether oxygens (including phenoxy) is 2. The van der Waals surface area contributed by atoms with Crippen molar-refractivity contribution >= 4 is 46.6 Å². The number of anilines is 3. The molecule has 0 radical (unpaired) electrons. The molecule has 5 amide bonds. The van der Waals surface area contributed by atoms with E-state index in [1.54, 1.807) is 38.2 Å². The number of nitrogens with zero attached hydrogens (tertiary/aromatic N) is 3. The van der Waals surface area contributed by atoms with Crippen molar-refractivity contribution in [3.63, 3.8) is 0 Å². The lowest BCUT2D eigenvalue weighted by molar-refractivity contribution is -0.136. The standard InChI is InChI=1S/C29H24FN5O7/c1-13-27(38)34(2)21-11-19(16(9-22(21)42-13)15-10-24(41-3)31-12-17(15)30)32-18-6-4-5-14-25(18)29(40)35(28(14)39)20-7-8-23(36)33-26(20)37/h4-6,9-13,20,32H,7-8H2,1-3H3,(H,33,36,37)/t13-,20+/m1/s1. The van der Waals surface area contributed by atoms with Gasteiger partial charge in [-0.05, 0) is 37.6 Å². The molecule has 1 aromatic heterocycles. The number of piperidine rings is 1. The SMILES string of the molecule is COc1cc(-c2cc3c(cc2Nc2cccc4c2C(=O)N([C@H]2CCC(=O)NC2=O)C4=O)N(C)C(=O)[C@@H](C)O3)c(F)cn1. The van der Waals surface area contributed by atoms with E-state index in [0.717, 1.165) is 11.1 Å². The Morgan fingerprint density at radius 1 is 1.05 bits per heavy atom. The van der Waals surface area contributed by atoms with Crippen LogP contribution in [0.5, 0.6) is 11.6 Å². The van der Waals surface area contributed by atoms with Crippen molar-refractivity contribution in [1.29, 1.82) is 0 Å². The van der Waals surface area contributed by atoms with Crippen molar-refractivity contribution in [2.45, 2.75) is 31.9 Å². The molecule has 0 aliphatic carbocycles. The summed E-state index contributed by atoms with van der Waals surface area (Å²) in [5, 5.41) is 5.32. The van der Waals surface area contributed by atoms with E-state index >= 15 is 4.39 Å². The minimum Gasteiger partial charge on any atom is -0.481 e. The number of rotatable bonds is 5. The zero-order valence-corrected chi connectivity index (χ0v) is 22.7. The van der Waals surface area contributed by atoms with Crippen molar-refractivity contribution < 1.29 is 37.8 Å². The molecule has 2 N–H and O–H groups in total. The van der Waals surface area contributed by atoms with E-state index in [-0.39, 0.29) is 52.7 Å². The molecular weight excluding hydrogens is 549 g/mol. The minimum atomic E-state index is -1.14. The summed E-state index contributed by atoms with van der Waals surface area (Å²) in [6.07, 6.45) is 0.235. The minimum absolute atomic E-state index is 0.00973. The summed E-state index contributed by atoms with van der Waals surface area (Å²) in [6.45, 7) is 1.60. The van der Waals surface area contributed by atoms with Crippen molar-refractivity contribution in [3.05, 3.63) is 59.5 Å². The lowest BCUT2D eigenvalue weighted by Crippen LogP contribution is -2.54. The summed E-state index contributed by atoms with van der Waals surface area (Å²) in [4.78, 5) is 70.0. The highest BCUT2D eigenvalue weighted by Crippen LogP contribution is 2.44. The Labute approximate surface area is 238 Å². The van der Waals surface area contributed by atoms with Gasteiger partial charge < -0.3 is 19.7 Å². The first-order valence-electron chi connectivity index (χ1n) is 13.0. The number of carbonyl (C=O) groups excluding carboxylic acids is 5. The molecule has 3 aliphatic heterocycles. The monoisotopic (exact) mass is 573 g/mol. The number of hydrogen-bond acceptors (Lipinski definition) is 9. The Bertz CT molecular complexity index is 1720. The maximum absolute atomic E-state index is 15.2. The zero-order chi connectivity index (χ0) is 29.9. The molecule has 2 atom stereocenters. The molecule has 0 bridgehead atoms. The van der Waals surface area contributed by atoms with Crippen LogP contribution in [0.4, 0.5) is 21.5 Å². The highest BCUT2D eigenvalue weighted by Gasteiger charge is 2.45. The molecule has 13 heteroatoms. The van der Waals surface area contributed by atoms with Crippen LogP contribution >= 0.6 is 0 Å². The molecule has 3 aliphatic rings. The van der Waals surface area contributed by atoms with Crippen LogP contribution in [0.1, 0.15) is 40.5 Å². The number of aromatic nitrogens is 1. The van der Waals surface area contributed by atoms with Crippen molar-refractivity contribution in [2.24, 2.45) is 0 Å². The van der Waals surface area contributed by atoms with E-state index in [0.29, 0.717) is 17.0 Å². The second kappa shape index (κ2) is 9.94. The third-order valence-corrected chi connectivity index (χ3v) is 7.51. The van der Waals surface area contributed by atoms with Crippen LogP contribution in [0.25, 0.3) is 11.1 Å². The third-order valence-electron chi connectivity index (χ3n) is 7.51. The van der Waals surface area contributed by atoms with Crippen LogP contribution in [0.15, 0.2) is 42.6 Å². The van der Waals surface area contributed by atoms with Gasteiger partial charge >= 0.3 is 0 Å². The van der Waals surface area contributed by atoms with Crippen LogP contribution < -0.4 is 25.0 Å². The molecule has 6 rings (SSSR count). The first-order valence-corrected chi connectivity index (χ1v) is 13.0. The highest BCUT2D eigenvalue weighted by molar-refractivity contribution is 6.25. The number of hydrogen-bond donors (Lipinski definition) is 2. The van der Waals surface area contributed by atoms with Gasteiger partial charge in [0.2, 0.25) is 17.7 Å². The Balaban J connectivity index is 1.47. The summed E-state index contributed by atoms with van der Waals surface area (Å²) >= 11 is 0. The smallest absolute Gasteiger partial charge is 0.267 e. The normalized spacial score (nSPS) is 19.8. The lowest BCUT2D eigenvalue weighted by Gasteiger charge is -2.31. The van der Waals surface area contributed by atoms with E-state index in [9.17, 15) is 24.0 Å². The van der Waals surface area contributed by atoms with Crippen LogP contribution in [0.3, 0.4) is 0 Å². The Morgan fingerprint density at radius 3 is 2.57 bits per heavy atom. The summed E-state index contributed by atoms with van der Waals surface area (Å²) in [7, 11) is 2.98. The third kappa shape index (κ3) is 4.21. The molecule has 4 heterocycles. The van der Waals surface area contributed by atoms with Crippen LogP contribution in [0, 0.1) is 5.82 Å². The van der Waals surface area contributed by atoms with Gasteiger partial charge in [-0.3, -0.25) is 34.2 Å². The zero-order valence-electron chi connectivity index (χ0n) is 22.7. The van der Waals surface area contributed by atoms with Gasteiger partial charge in [0, 0.05) is 36.3 Å². The number of imide groups is 2. The van der Waals surface area contributed by atoms with Crippen LogP contribution in [-0.2, 0) is 14.4 Å². The molecule has 12 nitrogen and oxygen atoms in total. The van der Waals surface area contributed by atoms with Gasteiger partial charge in [-0.15, -0.1) is 0 Å². The number of benzene rings is 2. The fourth-order valence-electron chi connectivity index (χ4n) is 5.39. The molecule has 3 aromatic rings. The summed E-state index contributed by atoms with van der Waals surface area (Å²) in [5.74, 6) is -3.07. The van der Waals surface area contributed by atoms with E-state index in [4.69, 9.17) is 9.47 Å². The number of halogens is 1. The second-order valence-corrected chi connectivity index (χ2v) is 10.0. The van der Waals surface area contributed by atoms with Crippen molar-refractivity contribution in [2.75, 3.05) is 24.4 Å². The number of likely N-dealkylation sites (N-methyl/N-ethyl adjacent to an activating group) is 1. The lowest BCUT2D eigenvalue weighted by atomic mass is 10.00. The number of amides is 5. The van der Waals surface area contributed by atoms with Crippen molar-refractivity contribution in [3.8, 4) is 22.8 Å². The van der Waals surface area contributed by atoms with E-state index in [1.165, 1.54) is 24.1 Å². The molecule has 2 aromatic carbocycles. The Hall–Kier alpha value is -5.33. The number of carbonyl (C=O) groups is 5. The molecule has 1 saturated heterocycles. The highest BCUT2D eigenvalue weighted by atomic mass is 19.1. The van der Waals surface area contributed by atoms with E-state index < -0.39 is 41.6 Å². The maximum Gasteiger partial charge on any atom is 0.267 e. The van der Waals surface area contributed by atoms with Gasteiger partial charge in [-0.25, -0.2) is 9.37 Å². The Kier molecular flexibility index (Phi) is 6.36. The van der Waals surface area contributed by atoms with Gasteiger partial charge in [0.1, 0.15) is 17.6 Å². The average molecular weight is 574 g/mol. The first-order chi connectivity index (χ1) is 20.1. The van der Waals surface area contributed by atoms with E-state index in [2.05, 4.69) is 15.6 Å².